The second-order valence-electron chi connectivity index (χ2n) is 7.38. The Morgan fingerprint density at radius 1 is 1.16 bits per heavy atom. The van der Waals surface area contributed by atoms with Crippen molar-refractivity contribution in [2.75, 3.05) is 11.6 Å². The van der Waals surface area contributed by atoms with Gasteiger partial charge in [0.15, 0.2) is 0 Å². The van der Waals surface area contributed by atoms with Crippen molar-refractivity contribution >= 4 is 39.0 Å². The number of thioether (sulfide) groups is 1. The molecule has 2 aromatic carbocycles. The number of aryl methyl sites for hydroxylation is 2. The van der Waals surface area contributed by atoms with Gasteiger partial charge >= 0.3 is 0 Å². The standard InChI is InChI=1S/C22H23N3O3S3/c1-15-8-9-19(10-16(15)2)31(27,28)25-14-29-13-20(25)21(26)23-11-18-12-30-22(24-18)17-6-4-3-5-7-17/h3-10,12,20H,11,13-14H2,1-2H3,(H,23,26)/t20-/m1/s1. The van der Waals surface area contributed by atoms with Crippen molar-refractivity contribution < 1.29 is 13.2 Å². The Labute approximate surface area is 190 Å². The predicted octanol–water partition coefficient (Wildman–Crippen LogP) is 3.81. The van der Waals surface area contributed by atoms with E-state index in [0.717, 1.165) is 27.4 Å². The normalized spacial score (nSPS) is 17.0. The van der Waals surface area contributed by atoms with Crippen LogP contribution in [0.2, 0.25) is 0 Å². The van der Waals surface area contributed by atoms with Gasteiger partial charge in [-0.2, -0.15) is 4.31 Å². The SMILES string of the molecule is Cc1ccc(S(=O)(=O)N2CSC[C@@H]2C(=O)NCc2csc(-c3ccccc3)n2)cc1C. The van der Waals surface area contributed by atoms with Gasteiger partial charge in [-0.1, -0.05) is 36.4 Å². The zero-order chi connectivity index (χ0) is 22.0. The zero-order valence-corrected chi connectivity index (χ0v) is 19.7. The molecule has 2 heterocycles. The average Bonchev–Trinajstić information content (AvgIpc) is 3.45. The molecule has 1 saturated heterocycles. The number of rotatable bonds is 6. The smallest absolute Gasteiger partial charge is 0.244 e. The molecule has 9 heteroatoms. The molecule has 1 aliphatic heterocycles. The summed E-state index contributed by atoms with van der Waals surface area (Å²) in [6, 6.07) is 14.2. The van der Waals surface area contributed by atoms with Crippen molar-refractivity contribution in [3.05, 3.63) is 70.7 Å². The summed E-state index contributed by atoms with van der Waals surface area (Å²) in [6.07, 6.45) is 0. The number of hydrogen-bond acceptors (Lipinski definition) is 6. The van der Waals surface area contributed by atoms with Crippen molar-refractivity contribution in [2.45, 2.75) is 31.3 Å². The van der Waals surface area contributed by atoms with E-state index in [-0.39, 0.29) is 23.2 Å². The Hall–Kier alpha value is -2.20. The fraction of sp³-hybridized carbons (Fsp3) is 0.273. The summed E-state index contributed by atoms with van der Waals surface area (Å²) in [5, 5.41) is 5.67. The van der Waals surface area contributed by atoms with E-state index in [2.05, 4.69) is 10.3 Å². The highest BCUT2D eigenvalue weighted by Gasteiger charge is 2.40. The molecule has 3 aromatic rings. The molecule has 0 unspecified atom stereocenters. The van der Waals surface area contributed by atoms with E-state index in [0.29, 0.717) is 5.75 Å². The molecule has 1 aliphatic rings. The molecule has 1 fully saturated rings. The van der Waals surface area contributed by atoms with Crippen LogP contribution in [0.25, 0.3) is 10.6 Å². The van der Waals surface area contributed by atoms with Gasteiger partial charge in [0.05, 0.1) is 23.0 Å². The van der Waals surface area contributed by atoms with Crippen LogP contribution in [0, 0.1) is 13.8 Å². The molecule has 1 atom stereocenters. The van der Waals surface area contributed by atoms with Gasteiger partial charge in [0, 0.05) is 16.7 Å². The van der Waals surface area contributed by atoms with Gasteiger partial charge in [0.1, 0.15) is 11.0 Å². The fourth-order valence-corrected chi connectivity index (χ4v) is 7.34. The quantitative estimate of drug-likeness (QED) is 0.589. The molecule has 1 N–H and O–H groups in total. The van der Waals surface area contributed by atoms with E-state index < -0.39 is 16.1 Å². The summed E-state index contributed by atoms with van der Waals surface area (Å²) < 4.78 is 27.6. The van der Waals surface area contributed by atoms with Crippen LogP contribution in [0.3, 0.4) is 0 Å². The van der Waals surface area contributed by atoms with E-state index in [1.54, 1.807) is 18.2 Å². The predicted molar refractivity (Wildman–Crippen MR) is 125 cm³/mol. The van der Waals surface area contributed by atoms with Crippen LogP contribution < -0.4 is 5.32 Å². The van der Waals surface area contributed by atoms with Gasteiger partial charge in [0.25, 0.3) is 0 Å². The van der Waals surface area contributed by atoms with Gasteiger partial charge in [-0.3, -0.25) is 4.79 Å². The highest BCUT2D eigenvalue weighted by molar-refractivity contribution is 8.00. The van der Waals surface area contributed by atoms with E-state index >= 15 is 0 Å². The van der Waals surface area contributed by atoms with Gasteiger partial charge in [-0.15, -0.1) is 23.1 Å². The van der Waals surface area contributed by atoms with E-state index in [1.165, 1.54) is 27.4 Å². The Kier molecular flexibility index (Phi) is 6.47. The number of hydrogen-bond donors (Lipinski definition) is 1. The maximum atomic E-state index is 13.2. The largest absolute Gasteiger partial charge is 0.349 e. The third kappa shape index (κ3) is 4.69. The third-order valence-corrected chi connectivity index (χ3v) is 9.21. The molecular weight excluding hydrogens is 450 g/mol. The highest BCUT2D eigenvalue weighted by atomic mass is 32.2. The summed E-state index contributed by atoms with van der Waals surface area (Å²) in [6.45, 7) is 4.09. The van der Waals surface area contributed by atoms with Crippen LogP contribution >= 0.6 is 23.1 Å². The summed E-state index contributed by atoms with van der Waals surface area (Å²) in [5.74, 6) is 0.399. The molecular formula is C22H23N3O3S3. The lowest BCUT2D eigenvalue weighted by Crippen LogP contribution is -2.47. The second-order valence-corrected chi connectivity index (χ2v) is 11.1. The van der Waals surface area contributed by atoms with Crippen molar-refractivity contribution in [3.63, 3.8) is 0 Å². The van der Waals surface area contributed by atoms with Crippen LogP contribution in [0.1, 0.15) is 16.8 Å². The van der Waals surface area contributed by atoms with Crippen molar-refractivity contribution in [1.29, 1.82) is 0 Å². The maximum Gasteiger partial charge on any atom is 0.244 e. The number of carbonyl (C=O) groups excluding carboxylic acids is 1. The van der Waals surface area contributed by atoms with Gasteiger partial charge in [-0.25, -0.2) is 13.4 Å². The Morgan fingerprint density at radius 2 is 1.94 bits per heavy atom. The first-order chi connectivity index (χ1) is 14.9. The lowest BCUT2D eigenvalue weighted by Gasteiger charge is -2.22. The van der Waals surface area contributed by atoms with E-state index in [4.69, 9.17) is 0 Å². The number of benzene rings is 2. The zero-order valence-electron chi connectivity index (χ0n) is 17.2. The van der Waals surface area contributed by atoms with Gasteiger partial charge in [0.2, 0.25) is 15.9 Å². The van der Waals surface area contributed by atoms with Crippen LogP contribution in [-0.2, 0) is 21.4 Å². The summed E-state index contributed by atoms with van der Waals surface area (Å²) in [7, 11) is -3.75. The fourth-order valence-electron chi connectivity index (χ4n) is 3.28. The maximum absolute atomic E-state index is 13.2. The minimum absolute atomic E-state index is 0.225. The molecule has 1 amide bonds. The van der Waals surface area contributed by atoms with Crippen LogP contribution in [0.5, 0.6) is 0 Å². The van der Waals surface area contributed by atoms with Crippen LogP contribution in [0.15, 0.2) is 58.8 Å². The molecule has 0 aliphatic carbocycles. The Morgan fingerprint density at radius 3 is 2.68 bits per heavy atom. The Balaban J connectivity index is 1.44. The molecule has 0 spiro atoms. The molecule has 31 heavy (non-hydrogen) atoms. The topological polar surface area (TPSA) is 79.4 Å². The Bertz CT molecular complexity index is 1190. The number of thiazole rings is 1. The number of aromatic nitrogens is 1. The van der Waals surface area contributed by atoms with E-state index in [9.17, 15) is 13.2 Å². The average molecular weight is 474 g/mol. The number of nitrogens with zero attached hydrogens (tertiary/aromatic N) is 2. The van der Waals surface area contributed by atoms with Crippen molar-refractivity contribution in [2.24, 2.45) is 0 Å². The first kappa shape index (κ1) is 22.0. The lowest BCUT2D eigenvalue weighted by molar-refractivity contribution is -0.124. The molecule has 4 rings (SSSR count). The van der Waals surface area contributed by atoms with Crippen LogP contribution in [-0.4, -0.2) is 41.3 Å². The molecule has 0 radical (unpaired) electrons. The first-order valence-electron chi connectivity index (χ1n) is 9.80. The molecule has 162 valence electrons. The third-order valence-electron chi connectivity index (χ3n) is 5.25. The van der Waals surface area contributed by atoms with Crippen molar-refractivity contribution in [1.82, 2.24) is 14.6 Å². The monoisotopic (exact) mass is 473 g/mol. The first-order valence-corrected chi connectivity index (χ1v) is 13.3. The number of amides is 1. The summed E-state index contributed by atoms with van der Waals surface area (Å²) in [5.41, 5.74) is 3.73. The number of nitrogens with one attached hydrogen (secondary N) is 1. The molecule has 6 nitrogen and oxygen atoms in total. The lowest BCUT2D eigenvalue weighted by atomic mass is 10.1. The summed E-state index contributed by atoms with van der Waals surface area (Å²) >= 11 is 2.96. The molecule has 0 bridgehead atoms. The minimum Gasteiger partial charge on any atom is -0.349 e. The summed E-state index contributed by atoms with van der Waals surface area (Å²) in [4.78, 5) is 17.7. The number of carbonyl (C=O) groups is 1. The van der Waals surface area contributed by atoms with Crippen LogP contribution in [0.4, 0.5) is 0 Å². The van der Waals surface area contributed by atoms with Crippen molar-refractivity contribution in [3.8, 4) is 10.6 Å². The molecule has 1 aromatic heterocycles. The minimum atomic E-state index is -3.75. The molecule has 0 saturated carbocycles. The highest BCUT2D eigenvalue weighted by Crippen LogP contribution is 2.29. The second kappa shape index (κ2) is 9.12. The number of sulfonamides is 1. The van der Waals surface area contributed by atoms with Gasteiger partial charge < -0.3 is 5.32 Å². The van der Waals surface area contributed by atoms with E-state index in [1.807, 2.05) is 49.6 Å². The van der Waals surface area contributed by atoms with Gasteiger partial charge in [-0.05, 0) is 37.1 Å².